The molecule has 4 rings (SSSR count). The number of H-pyrrole nitrogens is 1. The van der Waals surface area contributed by atoms with Gasteiger partial charge in [0.15, 0.2) is 0 Å². The molecule has 0 fully saturated rings. The number of benzene rings is 2. The predicted molar refractivity (Wildman–Crippen MR) is 122 cm³/mol. The summed E-state index contributed by atoms with van der Waals surface area (Å²) in [6.45, 7) is 3.52. The van der Waals surface area contributed by atoms with Gasteiger partial charge in [-0.2, -0.15) is 0 Å². The average Bonchev–Trinajstić information content (AvgIpc) is 3.40. The van der Waals surface area contributed by atoms with E-state index in [4.69, 9.17) is 5.21 Å². The Labute approximate surface area is 182 Å². The van der Waals surface area contributed by atoms with Crippen molar-refractivity contribution in [2.75, 3.05) is 19.7 Å². The SMILES string of the molecule is C/C(=C/C(=O)NO)c1ccc2c(c1)CC[C@@H]2N(CCO)CCc1c[nH]c2ccccc12. The minimum atomic E-state index is -0.526. The van der Waals surface area contributed by atoms with E-state index < -0.39 is 5.91 Å². The fourth-order valence-electron chi connectivity index (χ4n) is 4.69. The molecule has 0 saturated heterocycles. The zero-order valence-electron chi connectivity index (χ0n) is 17.8. The van der Waals surface area contributed by atoms with Crippen LogP contribution in [0.25, 0.3) is 16.5 Å². The summed E-state index contributed by atoms with van der Waals surface area (Å²) in [7, 11) is 0. The lowest BCUT2D eigenvalue weighted by Gasteiger charge is -2.29. The molecule has 3 aromatic rings. The molecule has 1 aliphatic rings. The molecule has 6 nitrogen and oxygen atoms in total. The first-order valence-electron chi connectivity index (χ1n) is 10.8. The van der Waals surface area contributed by atoms with Gasteiger partial charge in [0.05, 0.1) is 6.61 Å². The van der Waals surface area contributed by atoms with Gasteiger partial charge in [-0.05, 0) is 60.1 Å². The van der Waals surface area contributed by atoms with Gasteiger partial charge in [-0.1, -0.05) is 36.4 Å². The van der Waals surface area contributed by atoms with Gasteiger partial charge in [-0.3, -0.25) is 14.9 Å². The van der Waals surface area contributed by atoms with E-state index in [9.17, 15) is 9.90 Å². The first-order chi connectivity index (χ1) is 15.1. The molecule has 1 aliphatic carbocycles. The van der Waals surface area contributed by atoms with Gasteiger partial charge in [0.25, 0.3) is 5.91 Å². The topological polar surface area (TPSA) is 88.6 Å². The minimum Gasteiger partial charge on any atom is -0.395 e. The number of carbonyl (C=O) groups excluding carboxylic acids is 1. The molecule has 4 N–H and O–H groups in total. The van der Waals surface area contributed by atoms with Gasteiger partial charge in [0.2, 0.25) is 0 Å². The van der Waals surface area contributed by atoms with Crippen molar-refractivity contribution in [3.63, 3.8) is 0 Å². The quantitative estimate of drug-likeness (QED) is 0.255. The molecular formula is C25H29N3O3. The van der Waals surface area contributed by atoms with E-state index in [1.165, 1.54) is 28.2 Å². The Morgan fingerprint density at radius 3 is 2.90 bits per heavy atom. The summed E-state index contributed by atoms with van der Waals surface area (Å²) in [5.41, 5.74) is 8.48. The summed E-state index contributed by atoms with van der Waals surface area (Å²) >= 11 is 0. The number of aliphatic hydroxyl groups excluding tert-OH is 1. The van der Waals surface area contributed by atoms with Crippen molar-refractivity contribution in [1.82, 2.24) is 15.4 Å². The van der Waals surface area contributed by atoms with Gasteiger partial charge in [-0.25, -0.2) is 5.48 Å². The second-order valence-corrected chi connectivity index (χ2v) is 8.14. The van der Waals surface area contributed by atoms with E-state index in [1.807, 2.05) is 19.1 Å². The van der Waals surface area contributed by atoms with Gasteiger partial charge in [0, 0.05) is 42.3 Å². The van der Waals surface area contributed by atoms with Crippen molar-refractivity contribution in [3.8, 4) is 0 Å². The van der Waals surface area contributed by atoms with Crippen molar-refractivity contribution in [2.45, 2.75) is 32.2 Å². The summed E-state index contributed by atoms with van der Waals surface area (Å²) in [4.78, 5) is 17.2. The Morgan fingerprint density at radius 1 is 1.26 bits per heavy atom. The Kier molecular flexibility index (Phi) is 6.51. The van der Waals surface area contributed by atoms with Crippen molar-refractivity contribution >= 4 is 22.4 Å². The Hall–Kier alpha value is -2.93. The van der Waals surface area contributed by atoms with E-state index in [-0.39, 0.29) is 12.6 Å². The van der Waals surface area contributed by atoms with Gasteiger partial charge in [-0.15, -0.1) is 0 Å². The Bertz CT molecular complexity index is 1100. The van der Waals surface area contributed by atoms with E-state index in [1.54, 1.807) is 5.48 Å². The van der Waals surface area contributed by atoms with Crippen LogP contribution in [-0.4, -0.2) is 45.8 Å². The third-order valence-corrected chi connectivity index (χ3v) is 6.27. The second-order valence-electron chi connectivity index (χ2n) is 8.14. The molecule has 0 spiro atoms. The number of aliphatic hydroxyl groups is 1. The molecule has 1 atom stereocenters. The number of allylic oxidation sites excluding steroid dienone is 1. The number of nitrogens with zero attached hydrogens (tertiary/aromatic N) is 1. The number of hydrogen-bond acceptors (Lipinski definition) is 4. The van der Waals surface area contributed by atoms with Crippen molar-refractivity contribution in [1.29, 1.82) is 0 Å². The predicted octanol–water partition coefficient (Wildman–Crippen LogP) is 3.60. The molecule has 0 aliphatic heterocycles. The third kappa shape index (κ3) is 4.56. The maximum absolute atomic E-state index is 11.4. The fraction of sp³-hybridized carbons (Fsp3) is 0.320. The first kappa shape index (κ1) is 21.3. The number of hydrogen-bond donors (Lipinski definition) is 4. The molecule has 162 valence electrons. The molecule has 1 amide bonds. The molecule has 6 heteroatoms. The van der Waals surface area contributed by atoms with E-state index >= 15 is 0 Å². The fourth-order valence-corrected chi connectivity index (χ4v) is 4.69. The summed E-state index contributed by atoms with van der Waals surface area (Å²) in [6, 6.07) is 15.0. The average molecular weight is 420 g/mol. The van der Waals surface area contributed by atoms with Crippen LogP contribution in [0.2, 0.25) is 0 Å². The highest BCUT2D eigenvalue weighted by atomic mass is 16.5. The van der Waals surface area contributed by atoms with Gasteiger partial charge >= 0.3 is 0 Å². The van der Waals surface area contributed by atoms with Crippen molar-refractivity contribution < 1.29 is 15.1 Å². The van der Waals surface area contributed by atoms with Crippen LogP contribution in [0.1, 0.15) is 41.6 Å². The normalized spacial score (nSPS) is 16.1. The van der Waals surface area contributed by atoms with Gasteiger partial charge in [0.1, 0.15) is 0 Å². The largest absolute Gasteiger partial charge is 0.395 e. The number of aryl methyl sites for hydroxylation is 1. The van der Waals surface area contributed by atoms with E-state index in [0.29, 0.717) is 6.54 Å². The van der Waals surface area contributed by atoms with Crippen LogP contribution >= 0.6 is 0 Å². The number of fused-ring (bicyclic) bond motifs is 2. The van der Waals surface area contributed by atoms with Crippen molar-refractivity contribution in [2.24, 2.45) is 0 Å². The van der Waals surface area contributed by atoms with Gasteiger partial charge < -0.3 is 10.1 Å². The zero-order valence-corrected chi connectivity index (χ0v) is 17.8. The molecule has 0 unspecified atom stereocenters. The van der Waals surface area contributed by atoms with Crippen LogP contribution in [0, 0.1) is 0 Å². The van der Waals surface area contributed by atoms with Crippen molar-refractivity contribution in [3.05, 3.63) is 77.0 Å². The maximum Gasteiger partial charge on any atom is 0.267 e. The highest BCUT2D eigenvalue weighted by molar-refractivity contribution is 5.94. The third-order valence-electron chi connectivity index (χ3n) is 6.27. The minimum absolute atomic E-state index is 0.135. The molecule has 0 radical (unpaired) electrons. The maximum atomic E-state index is 11.4. The smallest absolute Gasteiger partial charge is 0.267 e. The first-order valence-corrected chi connectivity index (χ1v) is 10.8. The highest BCUT2D eigenvalue weighted by Gasteiger charge is 2.28. The van der Waals surface area contributed by atoms with Crippen LogP contribution in [0.15, 0.2) is 54.7 Å². The molecule has 1 heterocycles. The van der Waals surface area contributed by atoms with Crippen LogP contribution in [0.4, 0.5) is 0 Å². The summed E-state index contributed by atoms with van der Waals surface area (Å²) in [5.74, 6) is -0.526. The number of amides is 1. The molecule has 0 bridgehead atoms. The van der Waals surface area contributed by atoms with Crippen LogP contribution in [-0.2, 0) is 17.6 Å². The molecular weight excluding hydrogens is 390 g/mol. The van der Waals surface area contributed by atoms with Crippen LogP contribution < -0.4 is 5.48 Å². The van der Waals surface area contributed by atoms with E-state index in [0.717, 1.165) is 42.5 Å². The lowest BCUT2D eigenvalue weighted by molar-refractivity contribution is -0.124. The number of carbonyl (C=O) groups is 1. The van der Waals surface area contributed by atoms with E-state index in [2.05, 4.69) is 46.4 Å². The Balaban J connectivity index is 1.51. The number of aromatic amines is 1. The monoisotopic (exact) mass is 419 g/mol. The summed E-state index contributed by atoms with van der Waals surface area (Å²) < 4.78 is 0. The number of hydroxylamine groups is 1. The van der Waals surface area contributed by atoms with Crippen LogP contribution in [0.3, 0.4) is 0 Å². The summed E-state index contributed by atoms with van der Waals surface area (Å²) in [6.07, 6.45) is 6.41. The molecule has 31 heavy (non-hydrogen) atoms. The number of nitrogens with one attached hydrogen (secondary N) is 2. The molecule has 1 aromatic heterocycles. The van der Waals surface area contributed by atoms with Crippen LogP contribution in [0.5, 0.6) is 0 Å². The molecule has 2 aromatic carbocycles. The highest BCUT2D eigenvalue weighted by Crippen LogP contribution is 2.37. The standard InChI is InChI=1S/C25H29N3O3/c1-17(14-25(30)27-31)18-6-8-22-19(15-18)7-9-24(22)28(12-13-29)11-10-20-16-26-23-5-3-2-4-21(20)23/h2-6,8,14-16,24,26,29,31H,7,9-13H2,1H3,(H,27,30)/b17-14-/t24-/m0/s1. The lowest BCUT2D eigenvalue weighted by Crippen LogP contribution is -2.32. The number of rotatable bonds is 8. The Morgan fingerprint density at radius 2 is 2.10 bits per heavy atom. The second kappa shape index (κ2) is 9.47. The molecule has 0 saturated carbocycles. The lowest BCUT2D eigenvalue weighted by atomic mass is 9.99. The zero-order chi connectivity index (χ0) is 21.8. The number of para-hydroxylation sites is 1. The summed E-state index contributed by atoms with van der Waals surface area (Å²) in [5, 5.41) is 19.7. The number of aromatic nitrogens is 1.